The number of aryl methyl sites for hydroxylation is 2. The van der Waals surface area contributed by atoms with Crippen LogP contribution in [0, 0.1) is 19.8 Å². The molecule has 1 saturated heterocycles. The van der Waals surface area contributed by atoms with Crippen molar-refractivity contribution >= 4 is 39.5 Å². The second kappa shape index (κ2) is 8.39. The van der Waals surface area contributed by atoms with Crippen LogP contribution in [0.3, 0.4) is 0 Å². The monoisotopic (exact) mass is 412 g/mol. The predicted molar refractivity (Wildman–Crippen MR) is 102 cm³/mol. The zero-order valence-corrected chi connectivity index (χ0v) is 17.2. The highest BCUT2D eigenvalue weighted by Gasteiger charge is 2.25. The number of halogens is 1. The van der Waals surface area contributed by atoms with E-state index in [2.05, 4.69) is 41.9 Å². The first-order valence-corrected chi connectivity index (χ1v) is 10.0. The summed E-state index contributed by atoms with van der Waals surface area (Å²) in [5.41, 5.74) is 2.36. The van der Waals surface area contributed by atoms with Crippen LogP contribution in [-0.4, -0.2) is 53.5 Å². The van der Waals surface area contributed by atoms with Crippen molar-refractivity contribution in [3.05, 3.63) is 27.7 Å². The highest BCUT2D eigenvalue weighted by molar-refractivity contribution is 9.10. The molecule has 4 nitrogen and oxygen atoms in total. The molecule has 0 aliphatic carbocycles. The third kappa shape index (κ3) is 4.76. The van der Waals surface area contributed by atoms with E-state index in [1.165, 1.54) is 11.1 Å². The summed E-state index contributed by atoms with van der Waals surface area (Å²) >= 11 is 5.12. The maximum Gasteiger partial charge on any atom is 0.233 e. The second-order valence-corrected chi connectivity index (χ2v) is 8.39. The summed E-state index contributed by atoms with van der Waals surface area (Å²) in [5.74, 6) is 0.792. The maximum atomic E-state index is 12.4. The average molecular weight is 413 g/mol. The second-order valence-electron chi connectivity index (χ2n) is 6.52. The Morgan fingerprint density at radius 1 is 1.08 bits per heavy atom. The van der Waals surface area contributed by atoms with Crippen molar-refractivity contribution in [2.75, 3.05) is 31.9 Å². The molecule has 1 aliphatic rings. The molecule has 2 amide bonds. The van der Waals surface area contributed by atoms with Gasteiger partial charge in [0.05, 0.1) is 5.75 Å². The Hall–Kier alpha value is -1.01. The lowest BCUT2D eigenvalue weighted by molar-refractivity contribution is -0.140. The topological polar surface area (TPSA) is 40.6 Å². The zero-order valence-electron chi connectivity index (χ0n) is 14.8. The van der Waals surface area contributed by atoms with E-state index in [0.29, 0.717) is 31.9 Å². The van der Waals surface area contributed by atoms with Crippen LogP contribution in [0.25, 0.3) is 0 Å². The quantitative estimate of drug-likeness (QED) is 0.710. The molecule has 1 heterocycles. The fourth-order valence-corrected chi connectivity index (χ4v) is 4.15. The van der Waals surface area contributed by atoms with Crippen molar-refractivity contribution in [2.45, 2.75) is 32.6 Å². The summed E-state index contributed by atoms with van der Waals surface area (Å²) in [7, 11) is 0. The number of benzene rings is 1. The predicted octanol–water partition coefficient (Wildman–Crippen LogP) is 3.48. The summed E-state index contributed by atoms with van der Waals surface area (Å²) in [6.45, 7) is 10.5. The van der Waals surface area contributed by atoms with Crippen molar-refractivity contribution in [3.8, 4) is 0 Å². The Bertz CT molecular complexity index is 626. The lowest BCUT2D eigenvalue weighted by atomic mass is 10.1. The molecule has 132 valence electrons. The normalized spacial score (nSPS) is 15.1. The third-order valence-corrected chi connectivity index (χ3v) is 6.24. The lowest BCUT2D eigenvalue weighted by Gasteiger charge is -2.35. The fourth-order valence-electron chi connectivity index (χ4n) is 2.68. The highest BCUT2D eigenvalue weighted by atomic mass is 79.9. The molecule has 1 fully saturated rings. The van der Waals surface area contributed by atoms with Crippen LogP contribution in [-0.2, 0) is 9.59 Å². The number of rotatable bonds is 4. The van der Waals surface area contributed by atoms with Crippen LogP contribution in [0.15, 0.2) is 21.5 Å². The number of amides is 2. The van der Waals surface area contributed by atoms with E-state index in [-0.39, 0.29) is 17.7 Å². The van der Waals surface area contributed by atoms with Crippen molar-refractivity contribution in [1.82, 2.24) is 9.80 Å². The molecule has 1 aromatic carbocycles. The minimum atomic E-state index is 0.0198. The van der Waals surface area contributed by atoms with Gasteiger partial charge in [-0.1, -0.05) is 29.8 Å². The van der Waals surface area contributed by atoms with E-state index < -0.39 is 0 Å². The third-order valence-electron chi connectivity index (χ3n) is 4.25. The number of carbonyl (C=O) groups excluding carboxylic acids is 2. The van der Waals surface area contributed by atoms with Crippen molar-refractivity contribution in [3.63, 3.8) is 0 Å². The molecule has 1 aromatic rings. The molecule has 0 atom stereocenters. The molecule has 0 spiro atoms. The van der Waals surface area contributed by atoms with E-state index in [1.54, 1.807) is 11.8 Å². The van der Waals surface area contributed by atoms with E-state index in [9.17, 15) is 9.59 Å². The Balaban J connectivity index is 1.86. The molecule has 0 bridgehead atoms. The van der Waals surface area contributed by atoms with Gasteiger partial charge in [-0.05, 0) is 37.1 Å². The largest absolute Gasteiger partial charge is 0.339 e. The lowest BCUT2D eigenvalue weighted by Crippen LogP contribution is -2.51. The molecule has 6 heteroatoms. The first-order valence-electron chi connectivity index (χ1n) is 8.25. The van der Waals surface area contributed by atoms with Gasteiger partial charge in [-0.2, -0.15) is 0 Å². The van der Waals surface area contributed by atoms with E-state index in [4.69, 9.17) is 0 Å². The van der Waals surface area contributed by atoms with Crippen molar-refractivity contribution in [2.24, 2.45) is 5.92 Å². The zero-order chi connectivity index (χ0) is 17.9. The fraction of sp³-hybridized carbons (Fsp3) is 0.556. The van der Waals surface area contributed by atoms with Gasteiger partial charge in [-0.3, -0.25) is 9.59 Å². The molecule has 1 aliphatic heterocycles. The molecule has 0 unspecified atom stereocenters. The Kier molecular flexibility index (Phi) is 6.75. The van der Waals surface area contributed by atoms with Crippen LogP contribution >= 0.6 is 27.7 Å². The van der Waals surface area contributed by atoms with Gasteiger partial charge in [0, 0.05) is 41.5 Å². The molecule has 0 N–H and O–H groups in total. The van der Waals surface area contributed by atoms with Gasteiger partial charge < -0.3 is 9.80 Å². The maximum absolute atomic E-state index is 12.4. The van der Waals surface area contributed by atoms with Gasteiger partial charge in [-0.25, -0.2) is 0 Å². The van der Waals surface area contributed by atoms with Gasteiger partial charge in [-0.15, -0.1) is 11.8 Å². The Morgan fingerprint density at radius 2 is 1.67 bits per heavy atom. The first-order chi connectivity index (χ1) is 11.3. The average Bonchev–Trinajstić information content (AvgIpc) is 2.56. The molecule has 2 rings (SSSR count). The number of thioether (sulfide) groups is 1. The summed E-state index contributed by atoms with van der Waals surface area (Å²) in [6, 6.07) is 4.22. The van der Waals surface area contributed by atoms with Crippen molar-refractivity contribution in [1.29, 1.82) is 0 Å². The van der Waals surface area contributed by atoms with Gasteiger partial charge in [0.2, 0.25) is 11.8 Å². The standard InChI is InChI=1S/C18H25BrN2O2S/c1-12(2)18(23)21-7-5-20(6-8-21)17(22)11-24-16-10-13(3)15(19)9-14(16)4/h9-10,12H,5-8,11H2,1-4H3. The molecular weight excluding hydrogens is 388 g/mol. The Morgan fingerprint density at radius 3 is 2.25 bits per heavy atom. The van der Waals surface area contributed by atoms with Gasteiger partial charge in [0.15, 0.2) is 0 Å². The highest BCUT2D eigenvalue weighted by Crippen LogP contribution is 2.28. The van der Waals surface area contributed by atoms with Crippen LogP contribution < -0.4 is 0 Å². The van der Waals surface area contributed by atoms with E-state index in [1.807, 2.05) is 23.6 Å². The number of carbonyl (C=O) groups is 2. The summed E-state index contributed by atoms with van der Waals surface area (Å²) in [4.78, 5) is 29.3. The summed E-state index contributed by atoms with van der Waals surface area (Å²) in [6.07, 6.45) is 0. The van der Waals surface area contributed by atoms with Crippen LogP contribution in [0.4, 0.5) is 0 Å². The smallest absolute Gasteiger partial charge is 0.233 e. The van der Waals surface area contributed by atoms with E-state index in [0.717, 1.165) is 9.37 Å². The Labute approximate surface area is 157 Å². The van der Waals surface area contributed by atoms with Gasteiger partial charge >= 0.3 is 0 Å². The van der Waals surface area contributed by atoms with Crippen molar-refractivity contribution < 1.29 is 9.59 Å². The molecule has 0 radical (unpaired) electrons. The number of hydrogen-bond donors (Lipinski definition) is 0. The van der Waals surface area contributed by atoms with Crippen LogP contribution in [0.2, 0.25) is 0 Å². The molecule has 24 heavy (non-hydrogen) atoms. The van der Waals surface area contributed by atoms with Gasteiger partial charge in [0.1, 0.15) is 0 Å². The summed E-state index contributed by atoms with van der Waals surface area (Å²) in [5, 5.41) is 0. The minimum Gasteiger partial charge on any atom is -0.339 e. The molecular formula is C18H25BrN2O2S. The first kappa shape index (κ1) is 19.3. The SMILES string of the molecule is Cc1cc(SCC(=O)N2CCN(C(=O)C(C)C)CC2)c(C)cc1Br. The number of piperazine rings is 1. The van der Waals surface area contributed by atoms with E-state index >= 15 is 0 Å². The van der Waals surface area contributed by atoms with Gasteiger partial charge in [0.25, 0.3) is 0 Å². The summed E-state index contributed by atoms with van der Waals surface area (Å²) < 4.78 is 1.10. The number of hydrogen-bond acceptors (Lipinski definition) is 3. The minimum absolute atomic E-state index is 0.0198. The molecule has 0 saturated carbocycles. The van der Waals surface area contributed by atoms with Crippen LogP contribution in [0.1, 0.15) is 25.0 Å². The number of nitrogens with zero attached hydrogens (tertiary/aromatic N) is 2. The molecule has 0 aromatic heterocycles. The van der Waals surface area contributed by atoms with Crippen LogP contribution in [0.5, 0.6) is 0 Å².